The number of ether oxygens (including phenoxy) is 1. The van der Waals surface area contributed by atoms with Gasteiger partial charge < -0.3 is 15.0 Å². The highest BCUT2D eigenvalue weighted by atomic mass is 32.2. The Kier molecular flexibility index (Phi) is 7.85. The van der Waals surface area contributed by atoms with Crippen LogP contribution in [0.15, 0.2) is 29.8 Å². The summed E-state index contributed by atoms with van der Waals surface area (Å²) in [5.41, 5.74) is 2.00. The number of ketones is 1. The van der Waals surface area contributed by atoms with E-state index in [1.165, 1.54) is 7.11 Å². The number of rotatable bonds is 7. The molecule has 1 aliphatic carbocycles. The minimum atomic E-state index is -3.13. The molecule has 1 aromatic rings. The maximum Gasteiger partial charge on any atom is 0.409 e. The summed E-state index contributed by atoms with van der Waals surface area (Å²) >= 11 is 0. The van der Waals surface area contributed by atoms with Gasteiger partial charge in [-0.25, -0.2) is 13.2 Å². The highest BCUT2D eigenvalue weighted by molar-refractivity contribution is 7.91. The molecular formula is C28H38N4O6S. The van der Waals surface area contributed by atoms with Gasteiger partial charge in [-0.05, 0) is 63.4 Å². The van der Waals surface area contributed by atoms with E-state index in [9.17, 15) is 22.8 Å². The summed E-state index contributed by atoms with van der Waals surface area (Å²) in [7, 11) is 1.89. The van der Waals surface area contributed by atoms with Gasteiger partial charge in [-0.3, -0.25) is 19.4 Å². The Balaban J connectivity index is 1.22. The largest absolute Gasteiger partial charge is 0.453 e. The molecule has 10 nitrogen and oxygen atoms in total. The molecular weight excluding hydrogens is 520 g/mol. The number of hydrogen-bond donors (Lipinski definition) is 1. The van der Waals surface area contributed by atoms with Crippen molar-refractivity contribution in [3.05, 3.63) is 41.0 Å². The lowest BCUT2D eigenvalue weighted by atomic mass is 9.85. The van der Waals surface area contributed by atoms with Crippen LogP contribution in [0.25, 0.3) is 6.08 Å². The Bertz CT molecular complexity index is 1260. The number of amides is 2. The van der Waals surface area contributed by atoms with Crippen LogP contribution in [0.3, 0.4) is 0 Å². The molecule has 1 aromatic carbocycles. The van der Waals surface area contributed by atoms with Crippen LogP contribution in [0.5, 0.6) is 0 Å². The number of likely N-dealkylation sites (N-methyl/N-ethyl adjacent to an activating group) is 1. The zero-order valence-electron chi connectivity index (χ0n) is 22.8. The monoisotopic (exact) mass is 558 g/mol. The van der Waals surface area contributed by atoms with Crippen molar-refractivity contribution in [3.63, 3.8) is 0 Å². The number of methoxy groups -OCH3 is 1. The summed E-state index contributed by atoms with van der Waals surface area (Å²) in [6.07, 6.45) is 5.21. The van der Waals surface area contributed by atoms with Crippen LogP contribution in [0.4, 0.5) is 4.79 Å². The molecule has 3 saturated heterocycles. The Morgan fingerprint density at radius 2 is 1.79 bits per heavy atom. The lowest BCUT2D eigenvalue weighted by Gasteiger charge is -2.40. The summed E-state index contributed by atoms with van der Waals surface area (Å²) in [6, 6.07) is 7.32. The minimum absolute atomic E-state index is 0.0171. The number of carbonyl (C=O) groups excluding carboxylic acids is 3. The summed E-state index contributed by atoms with van der Waals surface area (Å²) in [5, 5.41) is 3.15. The Morgan fingerprint density at radius 3 is 2.41 bits per heavy atom. The van der Waals surface area contributed by atoms with Crippen LogP contribution >= 0.6 is 0 Å². The molecule has 5 rings (SSSR count). The fraction of sp³-hybridized carbons (Fsp3) is 0.607. The second kappa shape index (κ2) is 11.0. The maximum absolute atomic E-state index is 13.4. The molecule has 0 aromatic heterocycles. The zero-order chi connectivity index (χ0) is 27.9. The van der Waals surface area contributed by atoms with E-state index in [2.05, 4.69) is 10.2 Å². The van der Waals surface area contributed by atoms with E-state index in [0.29, 0.717) is 19.5 Å². The molecule has 11 heteroatoms. The van der Waals surface area contributed by atoms with Crippen LogP contribution in [0.2, 0.25) is 0 Å². The van der Waals surface area contributed by atoms with Gasteiger partial charge in [0, 0.05) is 31.2 Å². The van der Waals surface area contributed by atoms with Gasteiger partial charge in [0.05, 0.1) is 36.3 Å². The number of nitrogens with zero attached hydrogens (tertiary/aromatic N) is 3. The van der Waals surface area contributed by atoms with Gasteiger partial charge in [-0.15, -0.1) is 0 Å². The highest BCUT2D eigenvalue weighted by Gasteiger charge is 2.43. The first kappa shape index (κ1) is 27.8. The molecule has 212 valence electrons. The fourth-order valence-electron chi connectivity index (χ4n) is 6.90. The molecule has 0 radical (unpaired) electrons. The fourth-order valence-corrected chi connectivity index (χ4v) is 8.63. The number of carbonyl (C=O) groups is 3. The van der Waals surface area contributed by atoms with Crippen LogP contribution < -0.4 is 5.32 Å². The first-order valence-electron chi connectivity index (χ1n) is 13.7. The number of sulfone groups is 1. The van der Waals surface area contributed by atoms with Crippen molar-refractivity contribution >= 4 is 33.7 Å². The van der Waals surface area contributed by atoms with Crippen LogP contribution in [0, 0.1) is 0 Å². The van der Waals surface area contributed by atoms with Crippen molar-refractivity contribution in [2.24, 2.45) is 0 Å². The molecule has 1 N–H and O–H groups in total. The normalized spacial score (nSPS) is 29.6. The second-order valence-electron chi connectivity index (χ2n) is 11.4. The quantitative estimate of drug-likeness (QED) is 0.502. The number of hydrogen-bond acceptors (Lipinski definition) is 8. The van der Waals surface area contributed by atoms with Gasteiger partial charge in [0.1, 0.15) is 0 Å². The molecule has 4 aliphatic rings. The van der Waals surface area contributed by atoms with Crippen LogP contribution in [-0.2, 0) is 24.2 Å². The molecule has 3 fully saturated rings. The van der Waals surface area contributed by atoms with Crippen molar-refractivity contribution in [2.75, 3.05) is 45.8 Å². The Morgan fingerprint density at radius 1 is 1.10 bits per heavy atom. The second-order valence-corrected chi connectivity index (χ2v) is 13.6. The van der Waals surface area contributed by atoms with E-state index >= 15 is 0 Å². The van der Waals surface area contributed by atoms with Crippen molar-refractivity contribution < 1.29 is 27.5 Å². The molecule has 39 heavy (non-hydrogen) atoms. The number of piperidine rings is 1. The van der Waals surface area contributed by atoms with E-state index in [-0.39, 0.29) is 52.9 Å². The van der Waals surface area contributed by atoms with Gasteiger partial charge >= 0.3 is 6.09 Å². The first-order chi connectivity index (χ1) is 18.6. The molecule has 3 aliphatic heterocycles. The third-order valence-corrected chi connectivity index (χ3v) is 10.5. The summed E-state index contributed by atoms with van der Waals surface area (Å²) < 4.78 is 29.0. The van der Waals surface area contributed by atoms with Crippen molar-refractivity contribution in [1.82, 2.24) is 20.0 Å². The average Bonchev–Trinajstić information content (AvgIpc) is 3.37. The van der Waals surface area contributed by atoms with Crippen LogP contribution in [0.1, 0.15) is 49.3 Å². The molecule has 2 amide bonds. The average molecular weight is 559 g/mol. The Labute approximate surface area is 230 Å². The molecule has 2 bridgehead atoms. The highest BCUT2D eigenvalue weighted by Crippen LogP contribution is 2.37. The number of benzene rings is 1. The standard InChI is InChI=1S/C28H38N4O6S/c1-30(2)25-23-7-5-4-6-18(23)14-24(26(25)33)27(34)29-19-15-20-8-9-21(16-19)31(20)11-12-32(28(35)38-3)22-10-13-39(36,37)17-22/h4-7,14,19-22,25H,8-13,15-17H2,1-3H3,(H,29,34). The van der Waals surface area contributed by atoms with Crippen molar-refractivity contribution in [1.29, 1.82) is 0 Å². The van der Waals surface area contributed by atoms with Crippen LogP contribution in [-0.4, -0.2) is 111 Å². The van der Waals surface area contributed by atoms with Gasteiger partial charge in [0.25, 0.3) is 5.91 Å². The van der Waals surface area contributed by atoms with E-state index < -0.39 is 22.0 Å². The predicted molar refractivity (Wildman–Crippen MR) is 147 cm³/mol. The van der Waals surface area contributed by atoms with E-state index in [0.717, 1.165) is 36.8 Å². The van der Waals surface area contributed by atoms with Crippen molar-refractivity contribution in [2.45, 2.75) is 62.3 Å². The zero-order valence-corrected chi connectivity index (χ0v) is 23.7. The van der Waals surface area contributed by atoms with Gasteiger partial charge in [-0.1, -0.05) is 24.3 Å². The smallest absolute Gasteiger partial charge is 0.409 e. The molecule has 4 atom stereocenters. The summed E-state index contributed by atoms with van der Waals surface area (Å²) in [5.74, 6) is -0.426. The number of fused-ring (bicyclic) bond motifs is 3. The van der Waals surface area contributed by atoms with E-state index in [4.69, 9.17) is 4.74 Å². The lowest BCUT2D eigenvalue weighted by Crippen LogP contribution is -2.53. The summed E-state index contributed by atoms with van der Waals surface area (Å²) in [6.45, 7) is 1.04. The van der Waals surface area contributed by atoms with Gasteiger partial charge in [0.15, 0.2) is 15.6 Å². The number of Topliss-reactive ketones (excluding diaryl/α,β-unsaturated/α-hetero) is 1. The first-order valence-corrected chi connectivity index (χ1v) is 15.5. The maximum atomic E-state index is 13.4. The molecule has 4 unspecified atom stereocenters. The third kappa shape index (κ3) is 5.62. The Hall–Kier alpha value is -2.76. The van der Waals surface area contributed by atoms with E-state index in [1.807, 2.05) is 43.3 Å². The van der Waals surface area contributed by atoms with Gasteiger partial charge in [-0.2, -0.15) is 0 Å². The molecule has 3 heterocycles. The number of nitrogens with one attached hydrogen (secondary N) is 1. The van der Waals surface area contributed by atoms with Gasteiger partial charge in [0.2, 0.25) is 0 Å². The molecule has 0 spiro atoms. The lowest BCUT2D eigenvalue weighted by molar-refractivity contribution is -0.125. The SMILES string of the molecule is COC(=O)N(CCN1C2CCC1CC(NC(=O)C1=Cc3ccccc3C(N(C)C)C1=O)C2)C1CCS(=O)(=O)C1. The third-order valence-electron chi connectivity index (χ3n) is 8.74. The summed E-state index contributed by atoms with van der Waals surface area (Å²) in [4.78, 5) is 44.9. The predicted octanol–water partition coefficient (Wildman–Crippen LogP) is 1.62. The minimum Gasteiger partial charge on any atom is -0.453 e. The topological polar surface area (TPSA) is 116 Å². The van der Waals surface area contributed by atoms with E-state index in [1.54, 1.807) is 11.0 Å². The molecule has 0 saturated carbocycles. The van der Waals surface area contributed by atoms with Crippen molar-refractivity contribution in [3.8, 4) is 0 Å².